The van der Waals surface area contributed by atoms with Crippen molar-refractivity contribution in [1.82, 2.24) is 4.98 Å². The van der Waals surface area contributed by atoms with Crippen LogP contribution >= 0.6 is 0 Å². The number of pyridine rings is 1. The number of aliphatic hydroxyl groups excluding tert-OH is 1. The molecule has 1 aromatic heterocycles. The van der Waals surface area contributed by atoms with E-state index in [1.165, 1.54) is 25.3 Å². The van der Waals surface area contributed by atoms with Crippen molar-refractivity contribution in [2.45, 2.75) is 13.0 Å². The van der Waals surface area contributed by atoms with Crippen LogP contribution in [0.15, 0.2) is 72.6 Å². The minimum atomic E-state index is -0.875. The number of Topliss-reactive ketones (excluding diaryl/α,β-unsaturated/α-hetero) is 1. The lowest BCUT2D eigenvalue weighted by molar-refractivity contribution is -0.132. The molecule has 0 spiro atoms. The van der Waals surface area contributed by atoms with Crippen molar-refractivity contribution >= 4 is 23.1 Å². The van der Waals surface area contributed by atoms with Gasteiger partial charge in [0.05, 0.1) is 37.7 Å². The Labute approximate surface area is 185 Å². The maximum absolute atomic E-state index is 13.1. The molecule has 3 aromatic rings. The molecule has 162 valence electrons. The first kappa shape index (κ1) is 21.1. The van der Waals surface area contributed by atoms with Gasteiger partial charge in [0.25, 0.3) is 11.7 Å². The minimum Gasteiger partial charge on any atom is -0.507 e. The standard InChI is InChI=1S/C25H22N2O5/c1-15-6-8-16(9-7-15)23(28)21-22(17-10-11-19(31-2)20(13-17)32-3)27(25(30)24(21)29)18-5-4-12-26-14-18/h4-14,22,28H,1-3H3/b23-21-. The molecule has 4 rings (SSSR count). The first-order chi connectivity index (χ1) is 15.5. The Morgan fingerprint density at radius 2 is 1.72 bits per heavy atom. The van der Waals surface area contributed by atoms with Crippen molar-refractivity contribution < 1.29 is 24.2 Å². The molecule has 2 heterocycles. The first-order valence-corrected chi connectivity index (χ1v) is 9.96. The van der Waals surface area contributed by atoms with Gasteiger partial charge in [-0.1, -0.05) is 35.9 Å². The molecule has 0 saturated carbocycles. The summed E-state index contributed by atoms with van der Waals surface area (Å²) in [6.07, 6.45) is 3.09. The molecule has 1 saturated heterocycles. The molecule has 7 nitrogen and oxygen atoms in total. The molecular weight excluding hydrogens is 408 g/mol. The topological polar surface area (TPSA) is 89.0 Å². The van der Waals surface area contributed by atoms with Crippen LogP contribution in [-0.2, 0) is 9.59 Å². The fraction of sp³-hybridized carbons (Fsp3) is 0.160. The molecule has 32 heavy (non-hydrogen) atoms. The Kier molecular flexibility index (Phi) is 5.64. The van der Waals surface area contributed by atoms with Gasteiger partial charge in [-0.25, -0.2) is 0 Å². The molecule has 0 aliphatic carbocycles. The van der Waals surface area contributed by atoms with E-state index in [2.05, 4.69) is 4.98 Å². The van der Waals surface area contributed by atoms with Crippen molar-refractivity contribution in [1.29, 1.82) is 0 Å². The quantitative estimate of drug-likeness (QED) is 0.373. The Bertz CT molecular complexity index is 1200. The Morgan fingerprint density at radius 3 is 2.34 bits per heavy atom. The van der Waals surface area contributed by atoms with Gasteiger partial charge in [0, 0.05) is 11.8 Å². The predicted molar refractivity (Wildman–Crippen MR) is 120 cm³/mol. The SMILES string of the molecule is COc1ccc(C2/C(=C(/O)c3ccc(C)cc3)C(=O)C(=O)N2c2cccnc2)cc1OC. The average molecular weight is 430 g/mol. The van der Waals surface area contributed by atoms with E-state index in [-0.39, 0.29) is 11.3 Å². The van der Waals surface area contributed by atoms with Crippen LogP contribution in [0.4, 0.5) is 5.69 Å². The van der Waals surface area contributed by atoms with E-state index < -0.39 is 17.7 Å². The number of aliphatic hydroxyl groups is 1. The summed E-state index contributed by atoms with van der Waals surface area (Å²) in [6, 6.07) is 14.7. The van der Waals surface area contributed by atoms with Crippen LogP contribution < -0.4 is 14.4 Å². The van der Waals surface area contributed by atoms with E-state index in [9.17, 15) is 14.7 Å². The molecule has 1 aliphatic rings. The van der Waals surface area contributed by atoms with Crippen molar-refractivity contribution in [2.75, 3.05) is 19.1 Å². The van der Waals surface area contributed by atoms with Crippen LogP contribution in [0.2, 0.25) is 0 Å². The molecule has 0 radical (unpaired) electrons. The summed E-state index contributed by atoms with van der Waals surface area (Å²) in [5.41, 5.74) is 2.48. The van der Waals surface area contributed by atoms with E-state index >= 15 is 0 Å². The van der Waals surface area contributed by atoms with E-state index in [0.717, 1.165) is 5.56 Å². The molecule has 0 bridgehead atoms. The van der Waals surface area contributed by atoms with Gasteiger partial charge in [0.2, 0.25) is 0 Å². The highest BCUT2D eigenvalue weighted by molar-refractivity contribution is 6.51. The highest BCUT2D eigenvalue weighted by Gasteiger charge is 2.47. The number of aryl methyl sites for hydroxylation is 1. The zero-order chi connectivity index (χ0) is 22.8. The van der Waals surface area contributed by atoms with Crippen molar-refractivity contribution in [3.63, 3.8) is 0 Å². The second-order valence-corrected chi connectivity index (χ2v) is 7.36. The highest BCUT2D eigenvalue weighted by atomic mass is 16.5. The lowest BCUT2D eigenvalue weighted by Gasteiger charge is -2.25. The summed E-state index contributed by atoms with van der Waals surface area (Å²) in [5, 5.41) is 11.1. The number of carbonyl (C=O) groups is 2. The fourth-order valence-electron chi connectivity index (χ4n) is 3.80. The molecular formula is C25H22N2O5. The van der Waals surface area contributed by atoms with Gasteiger partial charge < -0.3 is 14.6 Å². The molecule has 1 fully saturated rings. The van der Waals surface area contributed by atoms with Crippen LogP contribution in [0.3, 0.4) is 0 Å². The number of benzene rings is 2. The first-order valence-electron chi connectivity index (χ1n) is 9.96. The van der Waals surface area contributed by atoms with Crippen molar-refractivity contribution in [3.05, 3.63) is 89.3 Å². The van der Waals surface area contributed by atoms with Gasteiger partial charge in [-0.15, -0.1) is 0 Å². The molecule has 1 aliphatic heterocycles. The number of hydrogen-bond acceptors (Lipinski definition) is 6. The van der Waals surface area contributed by atoms with Crippen LogP contribution in [0.5, 0.6) is 11.5 Å². The summed E-state index contributed by atoms with van der Waals surface area (Å²) >= 11 is 0. The number of ether oxygens (including phenoxy) is 2. The van der Waals surface area contributed by atoms with E-state index in [1.54, 1.807) is 48.7 Å². The maximum atomic E-state index is 13.1. The second-order valence-electron chi connectivity index (χ2n) is 7.36. The average Bonchev–Trinajstić information content (AvgIpc) is 3.09. The van der Waals surface area contributed by atoms with Crippen LogP contribution in [-0.4, -0.2) is 36.0 Å². The number of ketones is 1. The third-order valence-corrected chi connectivity index (χ3v) is 5.42. The summed E-state index contributed by atoms with van der Waals surface area (Å²) in [4.78, 5) is 31.7. The molecule has 1 atom stereocenters. The maximum Gasteiger partial charge on any atom is 0.300 e. The number of rotatable bonds is 5. The Hall–Kier alpha value is -4.13. The lowest BCUT2D eigenvalue weighted by atomic mass is 9.94. The highest BCUT2D eigenvalue weighted by Crippen LogP contribution is 2.43. The van der Waals surface area contributed by atoms with Gasteiger partial charge in [-0.2, -0.15) is 0 Å². The lowest BCUT2D eigenvalue weighted by Crippen LogP contribution is -2.29. The predicted octanol–water partition coefficient (Wildman–Crippen LogP) is 4.03. The summed E-state index contributed by atoms with van der Waals surface area (Å²) in [7, 11) is 3.03. The Balaban J connectivity index is 1.96. The molecule has 1 unspecified atom stereocenters. The largest absolute Gasteiger partial charge is 0.507 e. The number of aromatic nitrogens is 1. The Morgan fingerprint density at radius 1 is 1.00 bits per heavy atom. The van der Waals surface area contributed by atoms with Crippen molar-refractivity contribution in [3.8, 4) is 11.5 Å². The number of anilines is 1. The fourth-order valence-corrected chi connectivity index (χ4v) is 3.80. The van der Waals surface area contributed by atoms with Crippen LogP contribution in [0.25, 0.3) is 5.76 Å². The molecule has 7 heteroatoms. The number of carbonyl (C=O) groups excluding carboxylic acids is 2. The van der Waals surface area contributed by atoms with E-state index in [0.29, 0.717) is 28.3 Å². The van der Waals surface area contributed by atoms with Gasteiger partial charge in [0.15, 0.2) is 11.5 Å². The monoisotopic (exact) mass is 430 g/mol. The summed E-state index contributed by atoms with van der Waals surface area (Å²) in [5.74, 6) is -0.807. The van der Waals surface area contributed by atoms with Gasteiger partial charge in [-0.05, 0) is 36.8 Å². The summed E-state index contributed by atoms with van der Waals surface area (Å²) < 4.78 is 10.7. The van der Waals surface area contributed by atoms with Gasteiger partial charge >= 0.3 is 0 Å². The minimum absolute atomic E-state index is 0.00470. The van der Waals surface area contributed by atoms with Crippen molar-refractivity contribution in [2.24, 2.45) is 0 Å². The molecule has 1 amide bonds. The smallest absolute Gasteiger partial charge is 0.300 e. The molecule has 1 N–H and O–H groups in total. The third kappa shape index (κ3) is 3.58. The number of nitrogens with zero attached hydrogens (tertiary/aromatic N) is 2. The second kappa shape index (κ2) is 8.55. The molecule has 2 aromatic carbocycles. The zero-order valence-electron chi connectivity index (χ0n) is 17.9. The number of methoxy groups -OCH3 is 2. The number of amides is 1. The van der Waals surface area contributed by atoms with Crippen LogP contribution in [0, 0.1) is 6.92 Å². The normalized spacial score (nSPS) is 17.5. The third-order valence-electron chi connectivity index (χ3n) is 5.42. The number of hydrogen-bond donors (Lipinski definition) is 1. The van der Waals surface area contributed by atoms with Gasteiger partial charge in [-0.3, -0.25) is 19.5 Å². The zero-order valence-corrected chi connectivity index (χ0v) is 17.9. The van der Waals surface area contributed by atoms with Crippen LogP contribution in [0.1, 0.15) is 22.7 Å². The van der Waals surface area contributed by atoms with E-state index in [4.69, 9.17) is 9.47 Å². The van der Waals surface area contributed by atoms with E-state index in [1.807, 2.05) is 19.1 Å². The summed E-state index contributed by atoms with van der Waals surface area (Å²) in [6.45, 7) is 1.93. The van der Waals surface area contributed by atoms with Gasteiger partial charge in [0.1, 0.15) is 5.76 Å².